The second kappa shape index (κ2) is 5.81. The molecular formula is C10H13FN2O7. The molecule has 5 atom stereocenters. The molecule has 9 nitrogen and oxygen atoms in total. The Morgan fingerprint density at radius 2 is 2.05 bits per heavy atom. The lowest BCUT2D eigenvalue weighted by Crippen LogP contribution is -2.60. The number of hydrogen-bond acceptors (Lipinski definition) is 8. The molecule has 10 heteroatoms. The maximum Gasteiger partial charge on any atom is 0.299 e. The van der Waals surface area contributed by atoms with Crippen molar-refractivity contribution in [3.63, 3.8) is 0 Å². The minimum absolute atomic E-state index is 0.444. The van der Waals surface area contributed by atoms with Crippen LogP contribution in [-0.4, -0.2) is 67.7 Å². The SMILES string of the molecule is O=c1[nH]c(O[C@@H]2O[C@H](CO)[C@H](O)[C@H](O)[C@H]2O)ncc1F. The third-order valence-electron chi connectivity index (χ3n) is 2.81. The van der Waals surface area contributed by atoms with Crippen molar-refractivity contribution >= 4 is 0 Å². The molecule has 0 aromatic carbocycles. The number of aliphatic hydroxyl groups excluding tert-OH is 4. The van der Waals surface area contributed by atoms with Crippen molar-refractivity contribution in [3.8, 4) is 6.01 Å². The monoisotopic (exact) mass is 292 g/mol. The number of aromatic nitrogens is 2. The summed E-state index contributed by atoms with van der Waals surface area (Å²) in [6.07, 6.45) is -6.86. The lowest BCUT2D eigenvalue weighted by atomic mass is 9.99. The number of H-pyrrole nitrogens is 1. The Morgan fingerprint density at radius 1 is 1.35 bits per heavy atom. The molecule has 20 heavy (non-hydrogen) atoms. The summed E-state index contributed by atoms with van der Waals surface area (Å²) >= 11 is 0. The van der Waals surface area contributed by atoms with Gasteiger partial charge in [0, 0.05) is 0 Å². The Morgan fingerprint density at radius 3 is 2.65 bits per heavy atom. The van der Waals surface area contributed by atoms with Crippen LogP contribution in [0, 0.1) is 5.82 Å². The van der Waals surface area contributed by atoms with Crippen molar-refractivity contribution in [2.24, 2.45) is 0 Å². The van der Waals surface area contributed by atoms with Crippen LogP contribution in [0.15, 0.2) is 11.0 Å². The molecule has 1 saturated heterocycles. The van der Waals surface area contributed by atoms with Crippen molar-refractivity contribution in [2.75, 3.05) is 6.61 Å². The molecule has 5 N–H and O–H groups in total. The predicted octanol–water partition coefficient (Wildman–Crippen LogP) is -2.91. The highest BCUT2D eigenvalue weighted by atomic mass is 19.1. The van der Waals surface area contributed by atoms with Crippen molar-refractivity contribution in [2.45, 2.75) is 30.7 Å². The second-order valence-electron chi connectivity index (χ2n) is 4.18. The van der Waals surface area contributed by atoms with Crippen LogP contribution < -0.4 is 10.3 Å². The molecule has 0 bridgehead atoms. The first-order chi connectivity index (χ1) is 9.43. The summed E-state index contributed by atoms with van der Waals surface area (Å²) in [6, 6.07) is -0.444. The molecule has 112 valence electrons. The van der Waals surface area contributed by atoms with Crippen molar-refractivity contribution in [1.29, 1.82) is 0 Å². The van der Waals surface area contributed by atoms with E-state index >= 15 is 0 Å². The minimum Gasteiger partial charge on any atom is -0.432 e. The van der Waals surface area contributed by atoms with Gasteiger partial charge in [-0.3, -0.25) is 9.78 Å². The highest BCUT2D eigenvalue weighted by Crippen LogP contribution is 2.22. The van der Waals surface area contributed by atoms with E-state index in [0.29, 0.717) is 6.20 Å². The lowest BCUT2D eigenvalue weighted by molar-refractivity contribution is -0.278. The molecule has 0 unspecified atom stereocenters. The largest absolute Gasteiger partial charge is 0.432 e. The maximum absolute atomic E-state index is 12.7. The molecule has 0 saturated carbocycles. The third-order valence-corrected chi connectivity index (χ3v) is 2.81. The van der Waals surface area contributed by atoms with E-state index < -0.39 is 54.7 Å². The number of aromatic amines is 1. The van der Waals surface area contributed by atoms with Crippen LogP contribution in [0.3, 0.4) is 0 Å². The minimum atomic E-state index is -1.65. The van der Waals surface area contributed by atoms with Gasteiger partial charge in [0.25, 0.3) is 11.6 Å². The number of aliphatic hydroxyl groups is 4. The van der Waals surface area contributed by atoms with Gasteiger partial charge in [0.1, 0.15) is 24.4 Å². The molecule has 1 fully saturated rings. The molecule has 1 aromatic rings. The number of halogens is 1. The van der Waals surface area contributed by atoms with Crippen molar-refractivity contribution < 1.29 is 34.3 Å². The predicted molar refractivity (Wildman–Crippen MR) is 59.2 cm³/mol. The van der Waals surface area contributed by atoms with E-state index in [1.165, 1.54) is 0 Å². The fraction of sp³-hybridized carbons (Fsp3) is 0.600. The Kier molecular flexibility index (Phi) is 4.30. The van der Waals surface area contributed by atoms with Crippen LogP contribution in [0.2, 0.25) is 0 Å². The molecule has 1 aliphatic heterocycles. The number of nitrogens with one attached hydrogen (secondary N) is 1. The first kappa shape index (κ1) is 14.8. The summed E-state index contributed by atoms with van der Waals surface area (Å²) < 4.78 is 22.7. The number of rotatable bonds is 3. The van der Waals surface area contributed by atoms with Crippen LogP contribution in [0.4, 0.5) is 4.39 Å². The van der Waals surface area contributed by atoms with Gasteiger partial charge in [-0.25, -0.2) is 4.98 Å². The van der Waals surface area contributed by atoms with Gasteiger partial charge in [-0.2, -0.15) is 4.39 Å². The Bertz CT molecular complexity index is 523. The number of nitrogens with zero attached hydrogens (tertiary/aromatic N) is 1. The molecule has 2 rings (SSSR count). The van der Waals surface area contributed by atoms with Crippen LogP contribution in [0.5, 0.6) is 6.01 Å². The first-order valence-electron chi connectivity index (χ1n) is 5.66. The van der Waals surface area contributed by atoms with Gasteiger partial charge >= 0.3 is 0 Å². The van der Waals surface area contributed by atoms with Gasteiger partial charge in [-0.15, -0.1) is 0 Å². The topological polar surface area (TPSA) is 145 Å². The Balaban J connectivity index is 2.15. The van der Waals surface area contributed by atoms with Gasteiger partial charge < -0.3 is 29.9 Å². The Hall–Kier alpha value is -1.59. The quantitative estimate of drug-likeness (QED) is 0.398. The summed E-state index contributed by atoms with van der Waals surface area (Å²) in [5.41, 5.74) is -1.08. The van der Waals surface area contributed by atoms with Crippen LogP contribution in [0.1, 0.15) is 0 Å². The average molecular weight is 292 g/mol. The summed E-state index contributed by atoms with van der Waals surface area (Å²) in [6.45, 7) is -0.627. The zero-order valence-electron chi connectivity index (χ0n) is 10.0. The summed E-state index contributed by atoms with van der Waals surface area (Å²) in [7, 11) is 0. The first-order valence-corrected chi connectivity index (χ1v) is 5.66. The molecular weight excluding hydrogens is 279 g/mol. The summed E-state index contributed by atoms with van der Waals surface area (Å²) in [5.74, 6) is -1.12. The molecule has 0 spiro atoms. The van der Waals surface area contributed by atoms with E-state index in [2.05, 4.69) is 4.98 Å². The smallest absolute Gasteiger partial charge is 0.299 e. The van der Waals surface area contributed by atoms with E-state index in [4.69, 9.17) is 14.6 Å². The van der Waals surface area contributed by atoms with E-state index in [1.54, 1.807) is 0 Å². The van der Waals surface area contributed by atoms with Crippen LogP contribution in [0.25, 0.3) is 0 Å². The number of hydrogen-bond donors (Lipinski definition) is 5. The normalized spacial score (nSPS) is 34.0. The van der Waals surface area contributed by atoms with Crippen LogP contribution in [-0.2, 0) is 4.74 Å². The molecule has 0 radical (unpaired) electrons. The van der Waals surface area contributed by atoms with Gasteiger partial charge in [0.2, 0.25) is 12.1 Å². The zero-order valence-corrected chi connectivity index (χ0v) is 10.0. The second-order valence-corrected chi connectivity index (χ2v) is 4.18. The van der Waals surface area contributed by atoms with Crippen molar-refractivity contribution in [3.05, 3.63) is 22.4 Å². The fourth-order valence-electron chi connectivity index (χ4n) is 1.70. The van der Waals surface area contributed by atoms with E-state index in [0.717, 1.165) is 0 Å². The van der Waals surface area contributed by atoms with E-state index in [1.807, 2.05) is 4.98 Å². The maximum atomic E-state index is 12.7. The third kappa shape index (κ3) is 2.78. The lowest BCUT2D eigenvalue weighted by Gasteiger charge is -2.39. The molecule has 0 aliphatic carbocycles. The van der Waals surface area contributed by atoms with E-state index in [9.17, 15) is 24.5 Å². The Labute approximate surface area is 111 Å². The van der Waals surface area contributed by atoms with Gasteiger partial charge in [0.15, 0.2) is 0 Å². The number of ether oxygens (including phenoxy) is 2. The zero-order chi connectivity index (χ0) is 14.9. The highest BCUT2D eigenvalue weighted by molar-refractivity contribution is 4.98. The van der Waals surface area contributed by atoms with Crippen molar-refractivity contribution in [1.82, 2.24) is 9.97 Å². The molecule has 0 amide bonds. The highest BCUT2D eigenvalue weighted by Gasteiger charge is 2.44. The van der Waals surface area contributed by atoms with E-state index in [-0.39, 0.29) is 0 Å². The summed E-state index contributed by atoms with van der Waals surface area (Å²) in [5, 5.41) is 37.7. The van der Waals surface area contributed by atoms with Gasteiger partial charge in [-0.1, -0.05) is 0 Å². The van der Waals surface area contributed by atoms with Gasteiger partial charge in [-0.05, 0) is 0 Å². The standard InChI is InChI=1S/C10H13FN2O7/c11-3-1-12-10(13-8(3)18)20-9-7(17)6(16)5(15)4(2-14)19-9/h1,4-7,9,14-17H,2H2,(H,12,13,18)/t4-,5+,6+,7-,9+/m1/s1. The van der Waals surface area contributed by atoms with Gasteiger partial charge in [0.05, 0.1) is 12.8 Å². The molecule has 1 aliphatic rings. The summed E-state index contributed by atoms with van der Waals surface area (Å²) in [4.78, 5) is 16.4. The molecule has 2 heterocycles. The fourth-order valence-corrected chi connectivity index (χ4v) is 1.70. The average Bonchev–Trinajstić information content (AvgIpc) is 2.43. The van der Waals surface area contributed by atoms with Crippen LogP contribution >= 0.6 is 0 Å². The molecule has 1 aromatic heterocycles.